The SMILES string of the molecule is Nc1ncnc2c1c(-c1nc(Oc3ccccc3)cs1)cn2[C@@H]1C[C@H](CNCCCNCCc2ccccc2)[C@@H](O)[C@H]1O. The number of nitrogens with zero attached hydrogens (tertiary/aromatic N) is 4. The molecule has 0 aliphatic heterocycles. The van der Waals surface area contributed by atoms with E-state index in [4.69, 9.17) is 15.5 Å². The highest BCUT2D eigenvalue weighted by Gasteiger charge is 2.43. The highest BCUT2D eigenvalue weighted by molar-refractivity contribution is 7.13. The number of ether oxygens (including phenoxy) is 1. The molecule has 0 spiro atoms. The Morgan fingerprint density at radius 2 is 1.72 bits per heavy atom. The van der Waals surface area contributed by atoms with Crippen molar-refractivity contribution in [2.24, 2.45) is 5.92 Å². The molecule has 11 heteroatoms. The molecular weight excluding hydrogens is 562 g/mol. The van der Waals surface area contributed by atoms with E-state index in [0.29, 0.717) is 46.5 Å². The predicted octanol–water partition coefficient (Wildman–Crippen LogP) is 4.02. The fraction of sp³-hybridized carbons (Fsp3) is 0.344. The Kier molecular flexibility index (Phi) is 9.25. The Labute approximate surface area is 254 Å². The number of nitrogens with two attached hydrogens (primary N) is 1. The highest BCUT2D eigenvalue weighted by Crippen LogP contribution is 2.42. The van der Waals surface area contributed by atoms with Crippen molar-refractivity contribution in [2.75, 3.05) is 31.9 Å². The van der Waals surface area contributed by atoms with Crippen LogP contribution < -0.4 is 21.1 Å². The van der Waals surface area contributed by atoms with Gasteiger partial charge in [0.05, 0.1) is 22.9 Å². The second-order valence-electron chi connectivity index (χ2n) is 10.9. The number of thiazole rings is 1. The summed E-state index contributed by atoms with van der Waals surface area (Å²) in [4.78, 5) is 13.4. The fourth-order valence-corrected chi connectivity index (χ4v) is 6.51. The minimum atomic E-state index is -0.945. The quantitative estimate of drug-likeness (QED) is 0.127. The zero-order chi connectivity index (χ0) is 29.6. The van der Waals surface area contributed by atoms with Gasteiger partial charge in [0.15, 0.2) is 0 Å². The molecule has 2 aromatic carbocycles. The van der Waals surface area contributed by atoms with Gasteiger partial charge in [-0.15, -0.1) is 11.3 Å². The minimum Gasteiger partial charge on any atom is -0.438 e. The Morgan fingerprint density at radius 3 is 2.53 bits per heavy atom. The van der Waals surface area contributed by atoms with Crippen molar-refractivity contribution >= 4 is 28.2 Å². The summed E-state index contributed by atoms with van der Waals surface area (Å²) in [6.07, 6.45) is 4.13. The van der Waals surface area contributed by atoms with Gasteiger partial charge in [-0.2, -0.15) is 0 Å². The molecule has 3 aromatic heterocycles. The van der Waals surface area contributed by atoms with E-state index < -0.39 is 12.2 Å². The third kappa shape index (κ3) is 6.71. The Balaban J connectivity index is 1.08. The van der Waals surface area contributed by atoms with Crippen molar-refractivity contribution in [3.8, 4) is 22.2 Å². The summed E-state index contributed by atoms with van der Waals surface area (Å²) in [6.45, 7) is 3.32. The standard InChI is InChI=1S/C32H37N7O3S/c33-30-27-24(32-38-26(19-43-32)42-23-10-5-2-6-11-23)18-39(31(27)37-20-36-30)25-16-22(28(40)29(25)41)17-35-14-7-13-34-15-12-21-8-3-1-4-9-21/h1-6,8-11,18-20,22,25,28-29,34-35,40-41H,7,12-17H2,(H2,33,36,37)/t22-,25-,28-,29+/m1/s1. The number of nitrogens with one attached hydrogen (secondary N) is 2. The molecule has 0 amide bonds. The van der Waals surface area contributed by atoms with Crippen LogP contribution in [0.4, 0.5) is 5.82 Å². The average molecular weight is 600 g/mol. The molecule has 3 heterocycles. The van der Waals surface area contributed by atoms with Crippen molar-refractivity contribution in [3.05, 3.63) is 84.1 Å². The number of fused-ring (bicyclic) bond motifs is 1. The number of benzene rings is 2. The number of aromatic nitrogens is 4. The highest BCUT2D eigenvalue weighted by atomic mass is 32.1. The molecule has 1 aliphatic carbocycles. The van der Waals surface area contributed by atoms with Gasteiger partial charge in [-0.3, -0.25) is 0 Å². The summed E-state index contributed by atoms with van der Waals surface area (Å²) in [6, 6.07) is 19.6. The van der Waals surface area contributed by atoms with Crippen LogP contribution in [0, 0.1) is 5.92 Å². The Morgan fingerprint density at radius 1 is 0.953 bits per heavy atom. The molecule has 4 atom stereocenters. The summed E-state index contributed by atoms with van der Waals surface area (Å²) in [5, 5.41) is 32.3. The second-order valence-corrected chi connectivity index (χ2v) is 11.8. The molecule has 0 radical (unpaired) electrons. The largest absolute Gasteiger partial charge is 0.438 e. The van der Waals surface area contributed by atoms with Gasteiger partial charge in [-0.25, -0.2) is 15.0 Å². The smallest absolute Gasteiger partial charge is 0.230 e. The molecule has 0 unspecified atom stereocenters. The lowest BCUT2D eigenvalue weighted by atomic mass is 10.1. The number of para-hydroxylation sites is 1. The lowest BCUT2D eigenvalue weighted by Crippen LogP contribution is -2.34. The van der Waals surface area contributed by atoms with E-state index in [0.717, 1.165) is 38.0 Å². The summed E-state index contributed by atoms with van der Waals surface area (Å²) >= 11 is 1.43. The van der Waals surface area contributed by atoms with Crippen molar-refractivity contribution in [1.29, 1.82) is 0 Å². The topological polar surface area (TPSA) is 143 Å². The summed E-state index contributed by atoms with van der Waals surface area (Å²) in [7, 11) is 0. The number of nitrogen functional groups attached to an aromatic ring is 1. The van der Waals surface area contributed by atoms with Crippen LogP contribution in [0.2, 0.25) is 0 Å². The van der Waals surface area contributed by atoms with E-state index in [2.05, 4.69) is 44.9 Å². The van der Waals surface area contributed by atoms with Crippen LogP contribution >= 0.6 is 11.3 Å². The van der Waals surface area contributed by atoms with Gasteiger partial charge < -0.3 is 35.9 Å². The van der Waals surface area contributed by atoms with Gasteiger partial charge in [0.1, 0.15) is 34.7 Å². The lowest BCUT2D eigenvalue weighted by Gasteiger charge is -2.19. The summed E-state index contributed by atoms with van der Waals surface area (Å²) in [5.74, 6) is 1.42. The van der Waals surface area contributed by atoms with Gasteiger partial charge in [-0.1, -0.05) is 48.5 Å². The molecule has 1 fully saturated rings. The van der Waals surface area contributed by atoms with E-state index in [1.807, 2.05) is 52.5 Å². The molecule has 43 heavy (non-hydrogen) atoms. The first-order valence-corrected chi connectivity index (χ1v) is 15.6. The number of hydrogen-bond acceptors (Lipinski definition) is 10. The van der Waals surface area contributed by atoms with Gasteiger partial charge in [-0.05, 0) is 56.6 Å². The summed E-state index contributed by atoms with van der Waals surface area (Å²) < 4.78 is 7.84. The van der Waals surface area contributed by atoms with Gasteiger partial charge in [0.25, 0.3) is 0 Å². The first kappa shape index (κ1) is 29.2. The fourth-order valence-electron chi connectivity index (χ4n) is 5.77. The maximum Gasteiger partial charge on any atom is 0.230 e. The lowest BCUT2D eigenvalue weighted by molar-refractivity contribution is 0.00695. The number of aliphatic hydroxyl groups excluding tert-OH is 2. The Hall–Kier alpha value is -3.87. The van der Waals surface area contributed by atoms with Crippen molar-refractivity contribution in [3.63, 3.8) is 0 Å². The molecule has 6 N–H and O–H groups in total. The van der Waals surface area contributed by atoms with Crippen LogP contribution in [0.3, 0.4) is 0 Å². The molecule has 10 nitrogen and oxygen atoms in total. The van der Waals surface area contributed by atoms with Crippen molar-refractivity contribution in [1.82, 2.24) is 30.2 Å². The monoisotopic (exact) mass is 599 g/mol. The van der Waals surface area contributed by atoms with Crippen molar-refractivity contribution in [2.45, 2.75) is 37.5 Å². The molecule has 1 aliphatic rings. The van der Waals surface area contributed by atoms with Gasteiger partial charge in [0, 0.05) is 24.2 Å². The molecule has 5 aromatic rings. The maximum atomic E-state index is 11.1. The molecule has 0 bridgehead atoms. The van der Waals surface area contributed by atoms with E-state index in [1.165, 1.54) is 23.2 Å². The Bertz CT molecular complexity index is 1610. The van der Waals surface area contributed by atoms with Gasteiger partial charge >= 0.3 is 0 Å². The zero-order valence-corrected chi connectivity index (χ0v) is 24.7. The third-order valence-electron chi connectivity index (χ3n) is 7.99. The van der Waals surface area contributed by atoms with E-state index in [1.54, 1.807) is 0 Å². The normalized spacial score (nSPS) is 20.1. The third-order valence-corrected chi connectivity index (χ3v) is 8.85. The van der Waals surface area contributed by atoms with Crippen molar-refractivity contribution < 1.29 is 14.9 Å². The number of aliphatic hydroxyl groups is 2. The number of rotatable bonds is 13. The first-order valence-electron chi connectivity index (χ1n) is 14.7. The van der Waals surface area contributed by atoms with Crippen LogP contribution in [0.5, 0.6) is 11.6 Å². The molecular formula is C32H37N7O3S. The molecule has 0 saturated heterocycles. The number of hydrogen-bond donors (Lipinski definition) is 5. The van der Waals surface area contributed by atoms with Crippen LogP contribution in [0.1, 0.15) is 24.4 Å². The first-order chi connectivity index (χ1) is 21.1. The predicted molar refractivity (Wildman–Crippen MR) is 169 cm³/mol. The molecule has 1 saturated carbocycles. The average Bonchev–Trinajstić information content (AvgIpc) is 3.72. The van der Waals surface area contributed by atoms with E-state index >= 15 is 0 Å². The van der Waals surface area contributed by atoms with E-state index in [-0.39, 0.29) is 12.0 Å². The van der Waals surface area contributed by atoms with E-state index in [9.17, 15) is 10.2 Å². The molecule has 6 rings (SSSR count). The minimum absolute atomic E-state index is 0.100. The second kappa shape index (κ2) is 13.6. The zero-order valence-electron chi connectivity index (χ0n) is 23.8. The summed E-state index contributed by atoms with van der Waals surface area (Å²) in [5.41, 5.74) is 9.04. The van der Waals surface area contributed by atoms with Crippen LogP contribution in [-0.2, 0) is 6.42 Å². The molecule has 224 valence electrons. The van der Waals surface area contributed by atoms with Gasteiger partial charge in [0.2, 0.25) is 5.88 Å². The maximum absolute atomic E-state index is 11.1. The van der Waals surface area contributed by atoms with Crippen LogP contribution in [-0.4, -0.2) is 68.1 Å². The number of anilines is 1. The van der Waals surface area contributed by atoms with Crippen LogP contribution in [0.15, 0.2) is 78.6 Å². The van der Waals surface area contributed by atoms with Crippen LogP contribution in [0.25, 0.3) is 21.6 Å².